The molecule has 6 nitrogen and oxygen atoms in total. The molecule has 0 saturated heterocycles. The Hall–Kier alpha value is -0.920. The Labute approximate surface area is 94.7 Å². The third kappa shape index (κ3) is 2.60. The molecule has 0 amide bonds. The Bertz CT molecular complexity index is 420. The van der Waals surface area contributed by atoms with E-state index in [-0.39, 0.29) is 17.0 Å². The third-order valence-corrected chi connectivity index (χ3v) is 4.36. The van der Waals surface area contributed by atoms with Gasteiger partial charge in [-0.25, -0.2) is 13.1 Å². The number of hydrogen-bond donors (Lipinski definition) is 3. The highest BCUT2D eigenvalue weighted by Gasteiger charge is 2.24. The van der Waals surface area contributed by atoms with E-state index in [2.05, 4.69) is 14.9 Å². The van der Waals surface area contributed by atoms with Gasteiger partial charge in [-0.2, -0.15) is 5.10 Å². The van der Waals surface area contributed by atoms with Gasteiger partial charge in [0.1, 0.15) is 4.90 Å². The second-order valence-electron chi connectivity index (χ2n) is 4.17. The largest absolute Gasteiger partial charge is 0.328 e. The second kappa shape index (κ2) is 4.52. The fraction of sp³-hybridized carbons (Fsp3) is 0.667. The lowest BCUT2D eigenvalue weighted by Gasteiger charge is -2.26. The maximum absolute atomic E-state index is 11.8. The summed E-state index contributed by atoms with van der Waals surface area (Å²) in [6.07, 6.45) is 6.03. The van der Waals surface area contributed by atoms with E-state index in [0.717, 1.165) is 25.7 Å². The number of sulfonamides is 1. The SMILES string of the molecule is NC1CCC(NS(=O)(=O)c2cn[nH]c2)CC1. The quantitative estimate of drug-likeness (QED) is 0.694. The number of aromatic amines is 1. The minimum absolute atomic E-state index is 0.000278. The monoisotopic (exact) mass is 244 g/mol. The second-order valence-corrected chi connectivity index (χ2v) is 5.88. The molecule has 16 heavy (non-hydrogen) atoms. The van der Waals surface area contributed by atoms with Crippen molar-refractivity contribution < 1.29 is 8.42 Å². The average molecular weight is 244 g/mol. The van der Waals surface area contributed by atoms with E-state index in [4.69, 9.17) is 5.73 Å². The predicted octanol–water partition coefficient (Wildman–Crippen LogP) is -0.0421. The highest BCUT2D eigenvalue weighted by molar-refractivity contribution is 7.89. The van der Waals surface area contributed by atoms with Crippen LogP contribution in [0.4, 0.5) is 0 Å². The van der Waals surface area contributed by atoms with Gasteiger partial charge in [0.05, 0.1) is 6.20 Å². The smallest absolute Gasteiger partial charge is 0.243 e. The van der Waals surface area contributed by atoms with E-state index in [0.29, 0.717) is 0 Å². The van der Waals surface area contributed by atoms with E-state index < -0.39 is 10.0 Å². The topological polar surface area (TPSA) is 101 Å². The van der Waals surface area contributed by atoms with Crippen LogP contribution in [0.2, 0.25) is 0 Å². The van der Waals surface area contributed by atoms with Crippen molar-refractivity contribution in [1.82, 2.24) is 14.9 Å². The molecule has 7 heteroatoms. The van der Waals surface area contributed by atoms with Gasteiger partial charge in [-0.15, -0.1) is 0 Å². The van der Waals surface area contributed by atoms with Crippen LogP contribution in [0.3, 0.4) is 0 Å². The normalized spacial score (nSPS) is 26.8. The lowest BCUT2D eigenvalue weighted by atomic mass is 9.93. The fourth-order valence-corrected chi connectivity index (χ4v) is 3.12. The highest BCUT2D eigenvalue weighted by Crippen LogP contribution is 2.19. The van der Waals surface area contributed by atoms with Gasteiger partial charge < -0.3 is 5.73 Å². The van der Waals surface area contributed by atoms with Crippen molar-refractivity contribution in [1.29, 1.82) is 0 Å². The Balaban J connectivity index is 2.00. The fourth-order valence-electron chi connectivity index (χ4n) is 1.91. The summed E-state index contributed by atoms with van der Waals surface area (Å²) in [5, 5.41) is 6.12. The van der Waals surface area contributed by atoms with Crippen LogP contribution in [0.1, 0.15) is 25.7 Å². The Kier molecular flexibility index (Phi) is 3.27. The van der Waals surface area contributed by atoms with Crippen LogP contribution < -0.4 is 10.5 Å². The van der Waals surface area contributed by atoms with Crippen LogP contribution in [0.15, 0.2) is 17.3 Å². The standard InChI is InChI=1S/C9H16N4O2S/c10-7-1-3-8(4-2-7)13-16(14,15)9-5-11-12-6-9/h5-8,13H,1-4,10H2,(H,11,12). The number of aromatic nitrogens is 2. The number of H-pyrrole nitrogens is 1. The maximum atomic E-state index is 11.8. The molecule has 1 aliphatic rings. The maximum Gasteiger partial charge on any atom is 0.243 e. The van der Waals surface area contributed by atoms with Gasteiger partial charge in [0, 0.05) is 18.3 Å². The third-order valence-electron chi connectivity index (χ3n) is 2.88. The molecule has 0 aromatic carbocycles. The summed E-state index contributed by atoms with van der Waals surface area (Å²) in [6, 6.07) is 0.217. The first-order chi connectivity index (χ1) is 7.58. The van der Waals surface area contributed by atoms with E-state index in [1.807, 2.05) is 0 Å². The van der Waals surface area contributed by atoms with Gasteiger partial charge in [-0.3, -0.25) is 5.10 Å². The highest BCUT2D eigenvalue weighted by atomic mass is 32.2. The van der Waals surface area contributed by atoms with Crippen LogP contribution in [-0.2, 0) is 10.0 Å². The van der Waals surface area contributed by atoms with Crippen molar-refractivity contribution in [3.63, 3.8) is 0 Å². The van der Waals surface area contributed by atoms with Crippen LogP contribution >= 0.6 is 0 Å². The Morgan fingerprint density at radius 1 is 1.38 bits per heavy atom. The zero-order valence-electron chi connectivity index (χ0n) is 8.89. The molecule has 0 radical (unpaired) electrons. The minimum atomic E-state index is -3.42. The summed E-state index contributed by atoms with van der Waals surface area (Å²) in [5.41, 5.74) is 5.76. The molecule has 90 valence electrons. The first-order valence-electron chi connectivity index (χ1n) is 5.34. The molecule has 1 heterocycles. The molecule has 0 aliphatic heterocycles. The van der Waals surface area contributed by atoms with Crippen molar-refractivity contribution in [3.8, 4) is 0 Å². The van der Waals surface area contributed by atoms with Crippen molar-refractivity contribution >= 4 is 10.0 Å². The molecule has 1 saturated carbocycles. The summed E-state index contributed by atoms with van der Waals surface area (Å²) in [5.74, 6) is 0. The number of nitrogens with one attached hydrogen (secondary N) is 2. The van der Waals surface area contributed by atoms with Gasteiger partial charge >= 0.3 is 0 Å². The lowest BCUT2D eigenvalue weighted by Crippen LogP contribution is -2.40. The van der Waals surface area contributed by atoms with Gasteiger partial charge in [-0.05, 0) is 25.7 Å². The van der Waals surface area contributed by atoms with Crippen molar-refractivity contribution in [2.24, 2.45) is 5.73 Å². The molecule has 2 rings (SSSR count). The first kappa shape index (κ1) is 11.6. The molecule has 1 aliphatic carbocycles. The number of nitrogens with two attached hydrogens (primary N) is 1. The van der Waals surface area contributed by atoms with Crippen LogP contribution in [-0.4, -0.2) is 30.7 Å². The number of nitrogens with zero attached hydrogens (tertiary/aromatic N) is 1. The van der Waals surface area contributed by atoms with Gasteiger partial charge in [0.2, 0.25) is 10.0 Å². The molecule has 0 bridgehead atoms. The minimum Gasteiger partial charge on any atom is -0.328 e. The first-order valence-corrected chi connectivity index (χ1v) is 6.83. The predicted molar refractivity (Wildman–Crippen MR) is 59.1 cm³/mol. The summed E-state index contributed by atoms with van der Waals surface area (Å²) < 4.78 is 26.4. The van der Waals surface area contributed by atoms with E-state index >= 15 is 0 Å². The summed E-state index contributed by atoms with van der Waals surface area (Å²) in [6.45, 7) is 0. The molecule has 1 aromatic rings. The van der Waals surface area contributed by atoms with E-state index in [9.17, 15) is 8.42 Å². The van der Waals surface area contributed by atoms with E-state index in [1.165, 1.54) is 12.4 Å². The van der Waals surface area contributed by atoms with Crippen LogP contribution in [0.5, 0.6) is 0 Å². The van der Waals surface area contributed by atoms with E-state index in [1.54, 1.807) is 0 Å². The van der Waals surface area contributed by atoms with Gasteiger partial charge in [-0.1, -0.05) is 0 Å². The number of rotatable bonds is 3. The molecule has 0 atom stereocenters. The average Bonchev–Trinajstić information content (AvgIpc) is 2.75. The lowest BCUT2D eigenvalue weighted by molar-refractivity contribution is 0.373. The molecular weight excluding hydrogens is 228 g/mol. The molecule has 1 aromatic heterocycles. The zero-order valence-corrected chi connectivity index (χ0v) is 9.70. The molecule has 4 N–H and O–H groups in total. The van der Waals surface area contributed by atoms with Crippen molar-refractivity contribution in [2.45, 2.75) is 42.7 Å². The van der Waals surface area contributed by atoms with Crippen molar-refractivity contribution in [3.05, 3.63) is 12.4 Å². The molecular formula is C9H16N4O2S. The van der Waals surface area contributed by atoms with Crippen LogP contribution in [0.25, 0.3) is 0 Å². The summed E-state index contributed by atoms with van der Waals surface area (Å²) in [4.78, 5) is 0.183. The summed E-state index contributed by atoms with van der Waals surface area (Å²) >= 11 is 0. The Morgan fingerprint density at radius 2 is 2.06 bits per heavy atom. The Morgan fingerprint density at radius 3 is 2.62 bits per heavy atom. The molecule has 0 spiro atoms. The molecule has 1 fully saturated rings. The molecule has 0 unspecified atom stereocenters. The van der Waals surface area contributed by atoms with Crippen LogP contribution in [0, 0.1) is 0 Å². The van der Waals surface area contributed by atoms with Gasteiger partial charge in [0.15, 0.2) is 0 Å². The number of hydrogen-bond acceptors (Lipinski definition) is 4. The zero-order chi connectivity index (χ0) is 11.6. The van der Waals surface area contributed by atoms with Gasteiger partial charge in [0.25, 0.3) is 0 Å². The summed E-state index contributed by atoms with van der Waals surface area (Å²) in [7, 11) is -3.42. The van der Waals surface area contributed by atoms with Crippen molar-refractivity contribution in [2.75, 3.05) is 0 Å².